The first-order valence-electron chi connectivity index (χ1n) is 7.61. The Bertz CT molecular complexity index is 871. The number of imide groups is 1. The summed E-state index contributed by atoms with van der Waals surface area (Å²) in [7, 11) is 0. The first-order chi connectivity index (χ1) is 12.0. The van der Waals surface area contributed by atoms with Gasteiger partial charge in [0.05, 0.1) is 11.3 Å². The average Bonchev–Trinajstić information content (AvgIpc) is 2.89. The molecule has 0 bridgehead atoms. The summed E-state index contributed by atoms with van der Waals surface area (Å²) in [5.74, 6) is -0.305. The van der Waals surface area contributed by atoms with Gasteiger partial charge in [-0.05, 0) is 53.6 Å². The topological polar surface area (TPSA) is 72.5 Å². The Kier molecular flexibility index (Phi) is 5.00. The average molecular weight is 353 g/mol. The van der Waals surface area contributed by atoms with Crippen LogP contribution in [-0.2, 0) is 16.0 Å². The van der Waals surface area contributed by atoms with Crippen LogP contribution in [0.4, 0.5) is 4.79 Å². The van der Waals surface area contributed by atoms with Crippen LogP contribution in [0.5, 0.6) is 5.75 Å². The molecule has 2 aromatic rings. The highest BCUT2D eigenvalue weighted by molar-refractivity contribution is 8.18. The van der Waals surface area contributed by atoms with E-state index in [1.807, 2.05) is 31.2 Å². The molecule has 0 aromatic heterocycles. The van der Waals surface area contributed by atoms with Crippen LogP contribution >= 0.6 is 11.8 Å². The number of thioether (sulfide) groups is 1. The van der Waals surface area contributed by atoms with E-state index in [0.717, 1.165) is 28.5 Å². The van der Waals surface area contributed by atoms with Gasteiger partial charge >= 0.3 is 5.97 Å². The van der Waals surface area contributed by atoms with Crippen molar-refractivity contribution in [3.63, 3.8) is 0 Å². The van der Waals surface area contributed by atoms with Crippen molar-refractivity contribution in [3.8, 4) is 5.75 Å². The lowest BCUT2D eigenvalue weighted by molar-refractivity contribution is -0.133. The van der Waals surface area contributed by atoms with E-state index in [4.69, 9.17) is 4.74 Å². The van der Waals surface area contributed by atoms with Crippen LogP contribution in [0.1, 0.15) is 16.7 Å². The molecule has 6 heteroatoms. The number of amides is 2. The van der Waals surface area contributed by atoms with Crippen LogP contribution in [0.2, 0.25) is 0 Å². The number of hydrogen-bond acceptors (Lipinski definition) is 5. The molecule has 0 atom stereocenters. The molecule has 0 saturated carbocycles. The number of rotatable bonds is 4. The maximum absolute atomic E-state index is 12.0. The van der Waals surface area contributed by atoms with E-state index in [1.165, 1.54) is 0 Å². The summed E-state index contributed by atoms with van der Waals surface area (Å²) in [6.45, 7) is 1.95. The van der Waals surface area contributed by atoms with Crippen molar-refractivity contribution >= 4 is 35.0 Å². The van der Waals surface area contributed by atoms with Gasteiger partial charge in [0.15, 0.2) is 0 Å². The lowest BCUT2D eigenvalue weighted by atomic mass is 10.1. The number of esters is 1. The molecule has 0 radical (unpaired) electrons. The molecule has 3 rings (SSSR count). The van der Waals surface area contributed by atoms with E-state index in [2.05, 4.69) is 5.32 Å². The molecule has 1 saturated heterocycles. The third kappa shape index (κ3) is 4.36. The van der Waals surface area contributed by atoms with Gasteiger partial charge in [0, 0.05) is 0 Å². The predicted molar refractivity (Wildman–Crippen MR) is 96.1 cm³/mol. The smallest absolute Gasteiger partial charge is 0.315 e. The fourth-order valence-corrected chi connectivity index (χ4v) is 3.02. The van der Waals surface area contributed by atoms with E-state index >= 15 is 0 Å². The SMILES string of the molecule is Cc1ccccc1CC(=O)Oc1ccc(C=C2SC(=O)NC2=O)cc1. The van der Waals surface area contributed by atoms with E-state index in [1.54, 1.807) is 30.3 Å². The minimum atomic E-state index is -0.399. The van der Waals surface area contributed by atoms with Gasteiger partial charge in [-0.3, -0.25) is 19.7 Å². The van der Waals surface area contributed by atoms with Crippen molar-refractivity contribution < 1.29 is 19.1 Å². The van der Waals surface area contributed by atoms with Crippen molar-refractivity contribution in [1.29, 1.82) is 0 Å². The second kappa shape index (κ2) is 7.36. The second-order valence-electron chi connectivity index (χ2n) is 5.50. The van der Waals surface area contributed by atoms with E-state index in [0.29, 0.717) is 10.7 Å². The highest BCUT2D eigenvalue weighted by Crippen LogP contribution is 2.26. The fourth-order valence-electron chi connectivity index (χ4n) is 2.34. The van der Waals surface area contributed by atoms with Crippen LogP contribution in [0.3, 0.4) is 0 Å². The summed E-state index contributed by atoms with van der Waals surface area (Å²) in [5.41, 5.74) is 2.72. The zero-order chi connectivity index (χ0) is 17.8. The van der Waals surface area contributed by atoms with Crippen LogP contribution in [0, 0.1) is 6.92 Å². The highest BCUT2D eigenvalue weighted by Gasteiger charge is 2.24. The molecule has 1 N–H and O–H groups in total. The zero-order valence-corrected chi connectivity index (χ0v) is 14.3. The molecular weight excluding hydrogens is 338 g/mol. The van der Waals surface area contributed by atoms with E-state index < -0.39 is 5.91 Å². The number of nitrogens with one attached hydrogen (secondary N) is 1. The summed E-state index contributed by atoms with van der Waals surface area (Å²) in [4.78, 5) is 35.0. The minimum absolute atomic E-state index is 0.206. The summed E-state index contributed by atoms with van der Waals surface area (Å²) in [6.07, 6.45) is 1.82. The van der Waals surface area contributed by atoms with Gasteiger partial charge < -0.3 is 4.74 Å². The molecule has 5 nitrogen and oxygen atoms in total. The van der Waals surface area contributed by atoms with Crippen molar-refractivity contribution in [1.82, 2.24) is 5.32 Å². The molecule has 1 aliphatic rings. The normalized spacial score (nSPS) is 15.3. The van der Waals surface area contributed by atoms with Gasteiger partial charge in [0.2, 0.25) is 0 Å². The summed E-state index contributed by atoms with van der Waals surface area (Å²) < 4.78 is 5.34. The van der Waals surface area contributed by atoms with Gasteiger partial charge in [-0.15, -0.1) is 0 Å². The quantitative estimate of drug-likeness (QED) is 0.518. The van der Waals surface area contributed by atoms with Crippen molar-refractivity contribution in [3.05, 3.63) is 70.1 Å². The molecular formula is C19H15NO4S. The summed E-state index contributed by atoms with van der Waals surface area (Å²) in [6, 6.07) is 14.4. The predicted octanol–water partition coefficient (Wildman–Crippen LogP) is 3.47. The zero-order valence-electron chi connectivity index (χ0n) is 13.4. The number of benzene rings is 2. The molecule has 1 aliphatic heterocycles. The van der Waals surface area contributed by atoms with Crippen LogP contribution in [-0.4, -0.2) is 17.1 Å². The maximum atomic E-state index is 12.0. The number of ether oxygens (including phenoxy) is 1. The summed E-state index contributed by atoms with van der Waals surface area (Å²) >= 11 is 0.862. The van der Waals surface area contributed by atoms with E-state index in [-0.39, 0.29) is 17.6 Å². The molecule has 0 unspecified atom stereocenters. The first kappa shape index (κ1) is 17.0. The minimum Gasteiger partial charge on any atom is -0.426 e. The molecule has 1 fully saturated rings. The summed E-state index contributed by atoms with van der Waals surface area (Å²) in [5, 5.41) is 1.82. The Morgan fingerprint density at radius 2 is 1.84 bits per heavy atom. The Balaban J connectivity index is 1.64. The second-order valence-corrected chi connectivity index (χ2v) is 6.51. The van der Waals surface area contributed by atoms with Gasteiger partial charge in [-0.25, -0.2) is 0 Å². The highest BCUT2D eigenvalue weighted by atomic mass is 32.2. The first-order valence-corrected chi connectivity index (χ1v) is 8.43. The molecule has 2 amide bonds. The third-order valence-electron chi connectivity index (χ3n) is 3.65. The van der Waals surface area contributed by atoms with Crippen LogP contribution in [0.15, 0.2) is 53.4 Å². The fraction of sp³-hybridized carbons (Fsp3) is 0.105. The number of aryl methyl sites for hydroxylation is 1. The molecule has 25 heavy (non-hydrogen) atoms. The molecule has 1 heterocycles. The van der Waals surface area contributed by atoms with Crippen LogP contribution < -0.4 is 10.1 Å². The number of carbonyl (C=O) groups is 3. The Morgan fingerprint density at radius 3 is 2.48 bits per heavy atom. The lowest BCUT2D eigenvalue weighted by Gasteiger charge is -2.07. The van der Waals surface area contributed by atoms with Crippen molar-refractivity contribution in [2.75, 3.05) is 0 Å². The molecule has 2 aromatic carbocycles. The third-order valence-corrected chi connectivity index (χ3v) is 4.46. The van der Waals surface area contributed by atoms with Gasteiger partial charge in [0.25, 0.3) is 11.1 Å². The molecule has 126 valence electrons. The lowest BCUT2D eigenvalue weighted by Crippen LogP contribution is -2.17. The number of carbonyl (C=O) groups excluding carboxylic acids is 3. The Labute approximate surface area is 149 Å². The van der Waals surface area contributed by atoms with Gasteiger partial charge in [-0.1, -0.05) is 36.4 Å². The monoisotopic (exact) mass is 353 g/mol. The van der Waals surface area contributed by atoms with Crippen molar-refractivity contribution in [2.24, 2.45) is 0 Å². The molecule has 0 spiro atoms. The molecule has 0 aliphatic carbocycles. The maximum Gasteiger partial charge on any atom is 0.315 e. The van der Waals surface area contributed by atoms with Gasteiger partial charge in [0.1, 0.15) is 5.75 Å². The number of hydrogen-bond donors (Lipinski definition) is 1. The van der Waals surface area contributed by atoms with E-state index in [9.17, 15) is 14.4 Å². The van der Waals surface area contributed by atoms with Gasteiger partial charge in [-0.2, -0.15) is 0 Å². The largest absolute Gasteiger partial charge is 0.426 e. The van der Waals surface area contributed by atoms with Crippen LogP contribution in [0.25, 0.3) is 6.08 Å². The Morgan fingerprint density at radius 1 is 1.12 bits per heavy atom. The standard InChI is InChI=1S/C19H15NO4S/c1-12-4-2-3-5-14(12)11-17(21)24-15-8-6-13(7-9-15)10-16-18(22)20-19(23)25-16/h2-10H,11H2,1H3,(H,20,22,23). The van der Waals surface area contributed by atoms with Crippen molar-refractivity contribution in [2.45, 2.75) is 13.3 Å². The Hall–Kier alpha value is -2.86.